The van der Waals surface area contributed by atoms with Crippen LogP contribution in [0.2, 0.25) is 0 Å². The quantitative estimate of drug-likeness (QED) is 0.666. The summed E-state index contributed by atoms with van der Waals surface area (Å²) in [7, 11) is 0. The Kier molecular flexibility index (Phi) is 5.59. The Balaban J connectivity index is 0.000000847. The van der Waals surface area contributed by atoms with Gasteiger partial charge in [0.2, 0.25) is 5.88 Å². The lowest BCUT2D eigenvalue weighted by Gasteiger charge is -2.06. The molecule has 3 heteroatoms. The number of nitrogens with zero attached hydrogens (tertiary/aromatic N) is 2. The zero-order chi connectivity index (χ0) is 15.9. The smallest absolute Gasteiger partial charge is 0.233 e. The monoisotopic (exact) mass is 296 g/mol. The predicted octanol–water partition coefficient (Wildman–Crippen LogP) is 5.15. The van der Waals surface area contributed by atoms with Gasteiger partial charge in [-0.15, -0.1) is 5.10 Å². The van der Waals surface area contributed by atoms with Crippen molar-refractivity contribution in [2.24, 2.45) is 0 Å². The zero-order valence-corrected chi connectivity index (χ0v) is 13.8. The molecule has 1 aromatic heterocycles. The standard InChI is InChI=1S/C17H18N2O.C2H6/c1-3-10-20-17-11-13(2)19(18-17)16-9-8-14-6-4-5-7-15(14)12-16;1-2/h4-9,11-12H,3,10H2,1-2H3;1-2H3. The van der Waals surface area contributed by atoms with E-state index in [9.17, 15) is 0 Å². The number of fused-ring (bicyclic) bond motifs is 1. The van der Waals surface area contributed by atoms with E-state index in [0.29, 0.717) is 12.5 Å². The van der Waals surface area contributed by atoms with Gasteiger partial charge in [0, 0.05) is 11.8 Å². The first-order valence-corrected chi connectivity index (χ1v) is 7.96. The third kappa shape index (κ3) is 3.48. The number of rotatable bonds is 4. The van der Waals surface area contributed by atoms with Crippen LogP contribution in [0.25, 0.3) is 16.5 Å². The molecule has 2 aromatic carbocycles. The molecule has 0 bridgehead atoms. The first-order valence-electron chi connectivity index (χ1n) is 7.96. The summed E-state index contributed by atoms with van der Waals surface area (Å²) in [4.78, 5) is 0. The van der Waals surface area contributed by atoms with Crippen LogP contribution < -0.4 is 4.74 Å². The van der Waals surface area contributed by atoms with Crippen LogP contribution in [0.1, 0.15) is 32.9 Å². The van der Waals surface area contributed by atoms with E-state index in [1.165, 1.54) is 10.8 Å². The summed E-state index contributed by atoms with van der Waals surface area (Å²) in [6.07, 6.45) is 0.988. The van der Waals surface area contributed by atoms with Gasteiger partial charge >= 0.3 is 0 Å². The van der Waals surface area contributed by atoms with Crippen LogP contribution in [0.5, 0.6) is 5.88 Å². The van der Waals surface area contributed by atoms with Gasteiger partial charge in [0.05, 0.1) is 12.3 Å². The van der Waals surface area contributed by atoms with Crippen LogP contribution in [0.3, 0.4) is 0 Å². The molecule has 0 amide bonds. The van der Waals surface area contributed by atoms with Crippen LogP contribution in [0.15, 0.2) is 48.5 Å². The molecule has 0 saturated heterocycles. The normalized spacial score (nSPS) is 10.2. The van der Waals surface area contributed by atoms with Gasteiger partial charge in [0.15, 0.2) is 0 Å². The van der Waals surface area contributed by atoms with Crippen molar-refractivity contribution < 1.29 is 4.74 Å². The van der Waals surface area contributed by atoms with Gasteiger partial charge in [-0.05, 0) is 36.2 Å². The fraction of sp³-hybridized carbons (Fsp3) is 0.316. The van der Waals surface area contributed by atoms with E-state index >= 15 is 0 Å². The van der Waals surface area contributed by atoms with Crippen molar-refractivity contribution in [3.05, 3.63) is 54.2 Å². The second-order valence-corrected chi connectivity index (χ2v) is 4.92. The van der Waals surface area contributed by atoms with Gasteiger partial charge in [-0.25, -0.2) is 4.68 Å². The number of benzene rings is 2. The van der Waals surface area contributed by atoms with Crippen molar-refractivity contribution in [2.75, 3.05) is 6.61 Å². The Morgan fingerprint density at radius 1 is 1.00 bits per heavy atom. The van der Waals surface area contributed by atoms with Crippen molar-refractivity contribution in [1.29, 1.82) is 0 Å². The predicted molar refractivity (Wildman–Crippen MR) is 92.9 cm³/mol. The van der Waals surface area contributed by atoms with Crippen molar-refractivity contribution in [3.63, 3.8) is 0 Å². The second-order valence-electron chi connectivity index (χ2n) is 4.92. The highest BCUT2D eigenvalue weighted by Crippen LogP contribution is 2.21. The number of ether oxygens (including phenoxy) is 1. The molecule has 3 nitrogen and oxygen atoms in total. The maximum Gasteiger partial charge on any atom is 0.233 e. The second kappa shape index (κ2) is 7.64. The van der Waals surface area contributed by atoms with E-state index in [-0.39, 0.29) is 0 Å². The molecule has 0 unspecified atom stereocenters. The molecule has 0 N–H and O–H groups in total. The Morgan fingerprint density at radius 2 is 1.73 bits per heavy atom. The Bertz CT molecular complexity index is 731. The molecular formula is C19H24N2O. The summed E-state index contributed by atoms with van der Waals surface area (Å²) < 4.78 is 7.52. The third-order valence-corrected chi connectivity index (χ3v) is 3.30. The fourth-order valence-corrected chi connectivity index (χ4v) is 2.29. The molecule has 0 fully saturated rings. The first kappa shape index (κ1) is 16.1. The SMILES string of the molecule is CC.CCCOc1cc(C)n(-c2ccc3ccccc3c2)n1. The minimum Gasteiger partial charge on any atom is -0.477 e. The lowest BCUT2D eigenvalue weighted by atomic mass is 10.1. The summed E-state index contributed by atoms with van der Waals surface area (Å²) >= 11 is 0. The van der Waals surface area contributed by atoms with Gasteiger partial charge < -0.3 is 4.74 Å². The minimum absolute atomic E-state index is 0.692. The van der Waals surface area contributed by atoms with Crippen LogP contribution in [-0.2, 0) is 0 Å². The Labute approximate surface area is 132 Å². The largest absolute Gasteiger partial charge is 0.477 e. The first-order chi connectivity index (χ1) is 10.8. The highest BCUT2D eigenvalue weighted by atomic mass is 16.5. The third-order valence-electron chi connectivity index (χ3n) is 3.30. The van der Waals surface area contributed by atoms with E-state index in [1.807, 2.05) is 31.5 Å². The van der Waals surface area contributed by atoms with E-state index in [0.717, 1.165) is 17.8 Å². The van der Waals surface area contributed by atoms with Crippen LogP contribution >= 0.6 is 0 Å². The summed E-state index contributed by atoms with van der Waals surface area (Å²) in [5, 5.41) is 6.98. The number of aromatic nitrogens is 2. The van der Waals surface area contributed by atoms with Gasteiger partial charge in [-0.2, -0.15) is 0 Å². The minimum atomic E-state index is 0.692. The van der Waals surface area contributed by atoms with Crippen molar-refractivity contribution in [1.82, 2.24) is 9.78 Å². The molecular weight excluding hydrogens is 272 g/mol. The average Bonchev–Trinajstić information content (AvgIpc) is 2.95. The highest BCUT2D eigenvalue weighted by molar-refractivity contribution is 5.84. The summed E-state index contributed by atoms with van der Waals surface area (Å²) in [6.45, 7) is 8.84. The fourth-order valence-electron chi connectivity index (χ4n) is 2.29. The molecule has 116 valence electrons. The van der Waals surface area contributed by atoms with Crippen molar-refractivity contribution in [2.45, 2.75) is 34.1 Å². The Hall–Kier alpha value is -2.29. The molecule has 3 rings (SSSR count). The summed E-state index contributed by atoms with van der Waals surface area (Å²) in [5.41, 5.74) is 2.14. The van der Waals surface area contributed by atoms with Gasteiger partial charge in [0.25, 0.3) is 0 Å². The lowest BCUT2D eigenvalue weighted by molar-refractivity contribution is 0.303. The maximum absolute atomic E-state index is 5.59. The van der Waals surface area contributed by atoms with Crippen LogP contribution in [0.4, 0.5) is 0 Å². The Morgan fingerprint density at radius 3 is 2.45 bits per heavy atom. The van der Waals surface area contributed by atoms with Crippen LogP contribution in [0, 0.1) is 6.92 Å². The average molecular weight is 296 g/mol. The number of hydrogen-bond acceptors (Lipinski definition) is 2. The molecule has 0 aliphatic heterocycles. The van der Waals surface area contributed by atoms with E-state index < -0.39 is 0 Å². The molecule has 0 saturated carbocycles. The molecule has 0 atom stereocenters. The number of aryl methyl sites for hydroxylation is 1. The van der Waals surface area contributed by atoms with Crippen molar-refractivity contribution in [3.8, 4) is 11.6 Å². The van der Waals surface area contributed by atoms with Gasteiger partial charge in [-0.1, -0.05) is 51.1 Å². The number of hydrogen-bond donors (Lipinski definition) is 0. The van der Waals surface area contributed by atoms with Gasteiger partial charge in [-0.3, -0.25) is 0 Å². The molecule has 0 aliphatic rings. The summed E-state index contributed by atoms with van der Waals surface area (Å²) in [6, 6.07) is 16.7. The topological polar surface area (TPSA) is 27.1 Å². The molecule has 0 aliphatic carbocycles. The molecule has 0 spiro atoms. The van der Waals surface area contributed by atoms with Gasteiger partial charge in [0.1, 0.15) is 0 Å². The highest BCUT2D eigenvalue weighted by Gasteiger charge is 2.07. The molecule has 3 aromatic rings. The van der Waals surface area contributed by atoms with Crippen molar-refractivity contribution >= 4 is 10.8 Å². The lowest BCUT2D eigenvalue weighted by Crippen LogP contribution is -2.00. The maximum atomic E-state index is 5.59. The molecule has 1 heterocycles. The summed E-state index contributed by atoms with van der Waals surface area (Å²) in [5.74, 6) is 0.692. The zero-order valence-electron chi connectivity index (χ0n) is 13.8. The van der Waals surface area contributed by atoms with E-state index in [2.05, 4.69) is 54.5 Å². The molecule has 22 heavy (non-hydrogen) atoms. The van der Waals surface area contributed by atoms with Crippen LogP contribution in [-0.4, -0.2) is 16.4 Å². The van der Waals surface area contributed by atoms with E-state index in [1.54, 1.807) is 0 Å². The van der Waals surface area contributed by atoms with E-state index in [4.69, 9.17) is 4.74 Å². The molecule has 0 radical (unpaired) electrons.